The Balaban J connectivity index is 2.35. The average molecular weight is 290 g/mol. The standard InChI is InChI=1S/C15H18N2O2S/c1-2-11-20(18,19)17(15-8-4-3-5-9-15)13-14-7-6-10-16-12-14/h3-10,12H,2,11,13H2,1H3. The number of rotatable bonds is 6. The van der Waals surface area contributed by atoms with Gasteiger partial charge in [-0.1, -0.05) is 31.2 Å². The van der Waals surface area contributed by atoms with Crippen LogP contribution < -0.4 is 4.31 Å². The minimum Gasteiger partial charge on any atom is -0.266 e. The first-order valence-corrected chi connectivity index (χ1v) is 8.19. The molecule has 0 N–H and O–H groups in total. The lowest BCUT2D eigenvalue weighted by atomic mass is 10.2. The second-order valence-electron chi connectivity index (χ2n) is 4.52. The third-order valence-electron chi connectivity index (χ3n) is 2.89. The molecule has 1 heterocycles. The molecule has 0 aliphatic carbocycles. The highest BCUT2D eigenvalue weighted by atomic mass is 32.2. The van der Waals surface area contributed by atoms with Gasteiger partial charge in [0.05, 0.1) is 18.0 Å². The van der Waals surface area contributed by atoms with E-state index in [2.05, 4.69) is 4.98 Å². The monoisotopic (exact) mass is 290 g/mol. The van der Waals surface area contributed by atoms with Gasteiger partial charge in [0.2, 0.25) is 10.0 Å². The molecule has 1 aromatic carbocycles. The quantitative estimate of drug-likeness (QED) is 0.822. The molecular formula is C15H18N2O2S. The first-order chi connectivity index (χ1) is 9.63. The molecule has 1 aromatic heterocycles. The zero-order valence-corrected chi connectivity index (χ0v) is 12.3. The maximum absolute atomic E-state index is 12.4. The molecule has 4 nitrogen and oxygen atoms in total. The van der Waals surface area contributed by atoms with Gasteiger partial charge in [0.15, 0.2) is 0 Å². The molecule has 0 aliphatic heterocycles. The summed E-state index contributed by atoms with van der Waals surface area (Å²) in [6.45, 7) is 2.17. The van der Waals surface area contributed by atoms with E-state index in [9.17, 15) is 8.42 Å². The molecule has 0 aliphatic rings. The van der Waals surface area contributed by atoms with E-state index in [0.717, 1.165) is 5.56 Å². The highest BCUT2D eigenvalue weighted by Crippen LogP contribution is 2.21. The van der Waals surface area contributed by atoms with Crippen molar-refractivity contribution in [3.8, 4) is 0 Å². The van der Waals surface area contributed by atoms with E-state index in [1.165, 1.54) is 4.31 Å². The smallest absolute Gasteiger partial charge is 0.235 e. The Morgan fingerprint density at radius 2 is 1.85 bits per heavy atom. The molecule has 0 atom stereocenters. The summed E-state index contributed by atoms with van der Waals surface area (Å²) >= 11 is 0. The fraction of sp³-hybridized carbons (Fsp3) is 0.267. The van der Waals surface area contributed by atoms with Crippen molar-refractivity contribution in [3.63, 3.8) is 0 Å². The SMILES string of the molecule is CCCS(=O)(=O)N(Cc1cccnc1)c1ccccc1. The van der Waals surface area contributed by atoms with Crippen molar-refractivity contribution < 1.29 is 8.42 Å². The van der Waals surface area contributed by atoms with Crippen LogP contribution in [0.4, 0.5) is 5.69 Å². The third-order valence-corrected chi connectivity index (χ3v) is 4.83. The van der Waals surface area contributed by atoms with Gasteiger partial charge >= 0.3 is 0 Å². The topological polar surface area (TPSA) is 50.3 Å². The van der Waals surface area contributed by atoms with Crippen molar-refractivity contribution in [3.05, 3.63) is 60.4 Å². The molecule has 106 valence electrons. The van der Waals surface area contributed by atoms with E-state index in [1.54, 1.807) is 12.4 Å². The molecule has 0 fully saturated rings. The van der Waals surface area contributed by atoms with Gasteiger partial charge in [0.1, 0.15) is 0 Å². The molecule has 0 radical (unpaired) electrons. The van der Waals surface area contributed by atoms with E-state index in [-0.39, 0.29) is 5.75 Å². The normalized spacial score (nSPS) is 11.2. The summed E-state index contributed by atoms with van der Waals surface area (Å²) in [6, 6.07) is 12.9. The van der Waals surface area contributed by atoms with Crippen LogP contribution in [0.25, 0.3) is 0 Å². The summed E-state index contributed by atoms with van der Waals surface area (Å²) in [6.07, 6.45) is 3.97. The summed E-state index contributed by atoms with van der Waals surface area (Å²) in [4.78, 5) is 4.04. The lowest BCUT2D eigenvalue weighted by Gasteiger charge is -2.24. The molecule has 20 heavy (non-hydrogen) atoms. The van der Waals surface area contributed by atoms with Gasteiger partial charge in [0, 0.05) is 12.4 Å². The van der Waals surface area contributed by atoms with Crippen LogP contribution in [0.1, 0.15) is 18.9 Å². The Morgan fingerprint density at radius 3 is 2.45 bits per heavy atom. The second kappa shape index (κ2) is 6.52. The predicted octanol–water partition coefficient (Wildman–Crippen LogP) is 2.83. The summed E-state index contributed by atoms with van der Waals surface area (Å²) in [5, 5.41) is 0. The van der Waals surface area contributed by atoms with E-state index < -0.39 is 10.0 Å². The van der Waals surface area contributed by atoms with Crippen molar-refractivity contribution in [2.24, 2.45) is 0 Å². The number of hydrogen-bond donors (Lipinski definition) is 0. The Kier molecular flexibility index (Phi) is 4.74. The summed E-state index contributed by atoms with van der Waals surface area (Å²) in [5.74, 6) is 0.141. The van der Waals surface area contributed by atoms with E-state index in [0.29, 0.717) is 18.7 Å². The van der Waals surface area contributed by atoms with Crippen LogP contribution in [-0.4, -0.2) is 19.2 Å². The van der Waals surface area contributed by atoms with Crippen LogP contribution in [-0.2, 0) is 16.6 Å². The molecule has 0 bridgehead atoms. The van der Waals surface area contributed by atoms with Crippen LogP contribution in [0, 0.1) is 0 Å². The molecule has 0 saturated heterocycles. The minimum absolute atomic E-state index is 0.141. The van der Waals surface area contributed by atoms with Crippen LogP contribution in [0.2, 0.25) is 0 Å². The predicted molar refractivity (Wildman–Crippen MR) is 80.9 cm³/mol. The van der Waals surface area contributed by atoms with Crippen LogP contribution in [0.3, 0.4) is 0 Å². The lowest BCUT2D eigenvalue weighted by molar-refractivity contribution is 0.589. The Hall–Kier alpha value is -1.88. The summed E-state index contributed by atoms with van der Waals surface area (Å²) in [7, 11) is -3.32. The van der Waals surface area contributed by atoms with Crippen LogP contribution in [0.15, 0.2) is 54.9 Å². The zero-order chi connectivity index (χ0) is 14.4. The van der Waals surface area contributed by atoms with E-state index >= 15 is 0 Å². The summed E-state index contributed by atoms with van der Waals surface area (Å²) in [5.41, 5.74) is 1.56. The van der Waals surface area contributed by atoms with Gasteiger partial charge < -0.3 is 0 Å². The highest BCUT2D eigenvalue weighted by molar-refractivity contribution is 7.92. The lowest BCUT2D eigenvalue weighted by Crippen LogP contribution is -2.32. The number of para-hydroxylation sites is 1. The van der Waals surface area contributed by atoms with Crippen LogP contribution >= 0.6 is 0 Å². The van der Waals surface area contributed by atoms with Crippen molar-refractivity contribution >= 4 is 15.7 Å². The fourth-order valence-corrected chi connectivity index (χ4v) is 3.50. The Labute approximate surface area is 120 Å². The van der Waals surface area contributed by atoms with Gasteiger partial charge in [-0.2, -0.15) is 0 Å². The number of nitrogens with zero attached hydrogens (tertiary/aromatic N) is 2. The number of anilines is 1. The average Bonchev–Trinajstić information content (AvgIpc) is 2.46. The van der Waals surface area contributed by atoms with Gasteiger partial charge in [-0.15, -0.1) is 0 Å². The van der Waals surface area contributed by atoms with Gasteiger partial charge in [0.25, 0.3) is 0 Å². The Morgan fingerprint density at radius 1 is 1.10 bits per heavy atom. The molecule has 0 amide bonds. The molecule has 2 rings (SSSR count). The van der Waals surface area contributed by atoms with Crippen molar-refractivity contribution in [2.75, 3.05) is 10.1 Å². The van der Waals surface area contributed by atoms with Crippen molar-refractivity contribution in [2.45, 2.75) is 19.9 Å². The van der Waals surface area contributed by atoms with E-state index in [1.807, 2.05) is 49.4 Å². The second-order valence-corrected chi connectivity index (χ2v) is 6.53. The third kappa shape index (κ3) is 3.57. The first kappa shape index (κ1) is 14.5. The van der Waals surface area contributed by atoms with Gasteiger partial charge in [-0.05, 0) is 30.2 Å². The molecular weight excluding hydrogens is 272 g/mol. The maximum atomic E-state index is 12.4. The van der Waals surface area contributed by atoms with Gasteiger partial charge in [-0.3, -0.25) is 9.29 Å². The number of pyridine rings is 1. The maximum Gasteiger partial charge on any atom is 0.235 e. The molecule has 0 saturated carbocycles. The summed E-state index contributed by atoms with van der Waals surface area (Å²) < 4.78 is 26.3. The Bertz CT molecular complexity index is 627. The molecule has 0 unspecified atom stereocenters. The molecule has 0 spiro atoms. The van der Waals surface area contributed by atoms with E-state index in [4.69, 9.17) is 0 Å². The number of benzene rings is 1. The highest BCUT2D eigenvalue weighted by Gasteiger charge is 2.21. The fourth-order valence-electron chi connectivity index (χ4n) is 1.97. The van der Waals surface area contributed by atoms with Gasteiger partial charge in [-0.25, -0.2) is 8.42 Å². The van der Waals surface area contributed by atoms with Crippen molar-refractivity contribution in [1.82, 2.24) is 4.98 Å². The number of aromatic nitrogens is 1. The number of hydrogen-bond acceptors (Lipinski definition) is 3. The minimum atomic E-state index is -3.32. The van der Waals surface area contributed by atoms with Crippen LogP contribution in [0.5, 0.6) is 0 Å². The molecule has 5 heteroatoms. The largest absolute Gasteiger partial charge is 0.266 e. The van der Waals surface area contributed by atoms with Crippen molar-refractivity contribution in [1.29, 1.82) is 0 Å². The molecule has 2 aromatic rings. The zero-order valence-electron chi connectivity index (χ0n) is 11.4. The first-order valence-electron chi connectivity index (χ1n) is 6.58. The number of sulfonamides is 1.